The number of carbonyl (C=O) groups is 2. The van der Waals surface area contributed by atoms with Crippen LogP contribution in [0.25, 0.3) is 5.69 Å². The van der Waals surface area contributed by atoms with E-state index in [4.69, 9.17) is 11.6 Å². The molecule has 1 amide bonds. The molecule has 4 nitrogen and oxygen atoms in total. The summed E-state index contributed by atoms with van der Waals surface area (Å²) in [6.45, 7) is 3.22. The zero-order chi connectivity index (χ0) is 25.3. The monoisotopic (exact) mass is 496 g/mol. The predicted octanol–water partition coefficient (Wildman–Crippen LogP) is 7.25. The van der Waals surface area contributed by atoms with Crippen molar-refractivity contribution < 1.29 is 22.8 Å². The van der Waals surface area contributed by atoms with Gasteiger partial charge in [-0.3, -0.25) is 9.59 Å². The number of aromatic nitrogens is 1. The van der Waals surface area contributed by atoms with Gasteiger partial charge in [0.2, 0.25) is 0 Å². The Labute approximate surface area is 205 Å². The van der Waals surface area contributed by atoms with Crippen molar-refractivity contribution in [2.24, 2.45) is 0 Å². The molecule has 0 saturated carbocycles. The van der Waals surface area contributed by atoms with Crippen LogP contribution in [-0.2, 0) is 6.18 Å². The number of rotatable bonds is 5. The summed E-state index contributed by atoms with van der Waals surface area (Å²) >= 11 is 5.91. The summed E-state index contributed by atoms with van der Waals surface area (Å²) in [6.07, 6.45) is -4.55. The Kier molecular flexibility index (Phi) is 6.54. The summed E-state index contributed by atoms with van der Waals surface area (Å²) in [5.41, 5.74) is 1.12. The lowest BCUT2D eigenvalue weighted by Gasteiger charge is -2.17. The van der Waals surface area contributed by atoms with Crippen LogP contribution in [0.4, 0.5) is 18.9 Å². The van der Waals surface area contributed by atoms with Gasteiger partial charge in [0.15, 0.2) is 5.78 Å². The number of para-hydroxylation sites is 2. The molecule has 0 aliphatic rings. The molecule has 0 spiro atoms. The Morgan fingerprint density at radius 2 is 1.49 bits per heavy atom. The Bertz CT molecular complexity index is 1420. The molecule has 3 aromatic carbocycles. The van der Waals surface area contributed by atoms with Crippen molar-refractivity contribution in [3.63, 3.8) is 0 Å². The smallest absolute Gasteiger partial charge is 0.321 e. The molecule has 0 bridgehead atoms. The molecule has 1 N–H and O–H groups in total. The third-order valence-corrected chi connectivity index (χ3v) is 5.90. The van der Waals surface area contributed by atoms with Crippen LogP contribution in [0.5, 0.6) is 0 Å². The lowest BCUT2D eigenvalue weighted by atomic mass is 10.0. The van der Waals surface area contributed by atoms with Crippen LogP contribution in [0.1, 0.15) is 43.2 Å². The van der Waals surface area contributed by atoms with Gasteiger partial charge in [0, 0.05) is 27.5 Å². The van der Waals surface area contributed by atoms with Crippen molar-refractivity contribution in [2.75, 3.05) is 5.32 Å². The first-order valence-corrected chi connectivity index (χ1v) is 11.0. The number of alkyl halides is 3. The first kappa shape index (κ1) is 24.3. The fraction of sp³-hybridized carbons (Fsp3) is 0.111. The number of aryl methyl sites for hydroxylation is 1. The maximum absolute atomic E-state index is 13.6. The van der Waals surface area contributed by atoms with E-state index >= 15 is 0 Å². The molecule has 0 aliphatic carbocycles. The van der Waals surface area contributed by atoms with Gasteiger partial charge in [0.1, 0.15) is 0 Å². The lowest BCUT2D eigenvalue weighted by Crippen LogP contribution is -2.16. The third-order valence-electron chi connectivity index (χ3n) is 5.65. The molecule has 8 heteroatoms. The van der Waals surface area contributed by atoms with E-state index in [1.165, 1.54) is 28.8 Å². The highest BCUT2D eigenvalue weighted by atomic mass is 35.5. The number of amides is 1. The van der Waals surface area contributed by atoms with Crippen LogP contribution < -0.4 is 5.32 Å². The van der Waals surface area contributed by atoms with Crippen LogP contribution in [0, 0.1) is 13.8 Å². The van der Waals surface area contributed by atoms with Crippen molar-refractivity contribution in [2.45, 2.75) is 20.0 Å². The van der Waals surface area contributed by atoms with Gasteiger partial charge < -0.3 is 9.88 Å². The summed E-state index contributed by atoms with van der Waals surface area (Å²) < 4.78 is 42.2. The maximum Gasteiger partial charge on any atom is 0.418 e. The quantitative estimate of drug-likeness (QED) is 0.296. The molecule has 0 aliphatic heterocycles. The van der Waals surface area contributed by atoms with Gasteiger partial charge in [0.05, 0.1) is 22.5 Å². The molecule has 4 aromatic rings. The fourth-order valence-corrected chi connectivity index (χ4v) is 4.13. The molecular formula is C27H20ClF3N2O2. The summed E-state index contributed by atoms with van der Waals surface area (Å²) in [7, 11) is 0. The summed E-state index contributed by atoms with van der Waals surface area (Å²) in [5.74, 6) is -0.840. The number of ketones is 1. The molecule has 35 heavy (non-hydrogen) atoms. The minimum atomic E-state index is -4.55. The van der Waals surface area contributed by atoms with Crippen molar-refractivity contribution >= 4 is 29.0 Å². The molecule has 178 valence electrons. The summed E-state index contributed by atoms with van der Waals surface area (Å²) in [4.78, 5) is 26.2. The number of hydrogen-bond donors (Lipinski definition) is 1. The normalized spacial score (nSPS) is 11.4. The van der Waals surface area contributed by atoms with Gasteiger partial charge in [-0.2, -0.15) is 13.2 Å². The van der Waals surface area contributed by atoms with E-state index in [-0.39, 0.29) is 28.3 Å². The minimum absolute atomic E-state index is 0.0626. The fourth-order valence-electron chi connectivity index (χ4n) is 4.01. The van der Waals surface area contributed by atoms with Gasteiger partial charge in [0.25, 0.3) is 5.91 Å². The van der Waals surface area contributed by atoms with E-state index in [9.17, 15) is 22.8 Å². The zero-order valence-electron chi connectivity index (χ0n) is 18.8. The summed E-state index contributed by atoms with van der Waals surface area (Å²) in [6, 6.07) is 19.7. The number of hydrogen-bond acceptors (Lipinski definition) is 2. The van der Waals surface area contributed by atoms with Gasteiger partial charge in [-0.15, -0.1) is 0 Å². The van der Waals surface area contributed by atoms with E-state index in [0.29, 0.717) is 22.0 Å². The van der Waals surface area contributed by atoms with Crippen molar-refractivity contribution in [1.29, 1.82) is 0 Å². The van der Waals surface area contributed by atoms with Gasteiger partial charge >= 0.3 is 6.18 Å². The minimum Gasteiger partial charge on any atom is -0.321 e. The summed E-state index contributed by atoms with van der Waals surface area (Å²) in [5, 5.41) is 3.24. The number of halogens is 4. The Morgan fingerprint density at radius 1 is 0.857 bits per heavy atom. The molecule has 4 rings (SSSR count). The number of nitrogens with one attached hydrogen (secondary N) is 1. The van der Waals surface area contributed by atoms with E-state index in [1.807, 2.05) is 0 Å². The third kappa shape index (κ3) is 4.86. The molecule has 1 heterocycles. The number of anilines is 1. The van der Waals surface area contributed by atoms with Crippen LogP contribution >= 0.6 is 11.6 Å². The van der Waals surface area contributed by atoms with Crippen LogP contribution in [0.15, 0.2) is 78.9 Å². The highest BCUT2D eigenvalue weighted by Crippen LogP contribution is 2.35. The SMILES string of the molecule is Cc1cc(C(=O)Nc2ccccc2C(=O)c2ccc(Cl)cc2)c(C)n1-c1ccccc1C(F)(F)F. The molecule has 1 aromatic heterocycles. The highest BCUT2D eigenvalue weighted by molar-refractivity contribution is 6.30. The van der Waals surface area contributed by atoms with Gasteiger partial charge in [-0.25, -0.2) is 0 Å². The maximum atomic E-state index is 13.6. The molecule has 0 atom stereocenters. The second-order valence-electron chi connectivity index (χ2n) is 7.97. The average molecular weight is 497 g/mol. The Balaban J connectivity index is 1.69. The van der Waals surface area contributed by atoms with Crippen molar-refractivity contribution in [3.05, 3.63) is 118 Å². The van der Waals surface area contributed by atoms with Crippen LogP contribution in [0.3, 0.4) is 0 Å². The zero-order valence-corrected chi connectivity index (χ0v) is 19.5. The number of nitrogens with zero attached hydrogens (tertiary/aromatic N) is 1. The average Bonchev–Trinajstić information content (AvgIpc) is 3.12. The standard InChI is InChI=1S/C27H20ClF3N2O2/c1-16-15-21(17(2)33(16)24-10-6-4-8-22(24)27(29,30)31)26(35)32-23-9-5-3-7-20(23)25(34)18-11-13-19(28)14-12-18/h3-15H,1-2H3,(H,32,35). The Morgan fingerprint density at radius 3 is 2.17 bits per heavy atom. The van der Waals surface area contributed by atoms with E-state index in [1.54, 1.807) is 62.4 Å². The molecular weight excluding hydrogens is 477 g/mol. The predicted molar refractivity (Wildman–Crippen MR) is 130 cm³/mol. The van der Waals surface area contributed by atoms with Crippen LogP contribution in [0.2, 0.25) is 5.02 Å². The first-order chi connectivity index (χ1) is 16.6. The molecule has 0 radical (unpaired) electrons. The molecule has 0 saturated heterocycles. The molecule has 0 unspecified atom stereocenters. The second kappa shape index (κ2) is 9.43. The van der Waals surface area contributed by atoms with E-state index < -0.39 is 17.6 Å². The van der Waals surface area contributed by atoms with Gasteiger partial charge in [-0.05, 0) is 68.4 Å². The largest absolute Gasteiger partial charge is 0.418 e. The van der Waals surface area contributed by atoms with E-state index in [2.05, 4.69) is 5.32 Å². The molecule has 0 fully saturated rings. The van der Waals surface area contributed by atoms with E-state index in [0.717, 1.165) is 6.07 Å². The topological polar surface area (TPSA) is 51.1 Å². The highest BCUT2D eigenvalue weighted by Gasteiger charge is 2.34. The lowest BCUT2D eigenvalue weighted by molar-refractivity contribution is -0.137. The van der Waals surface area contributed by atoms with Crippen molar-refractivity contribution in [3.8, 4) is 5.69 Å². The second-order valence-corrected chi connectivity index (χ2v) is 8.41. The first-order valence-electron chi connectivity index (χ1n) is 10.6. The van der Waals surface area contributed by atoms with Crippen LogP contribution in [-0.4, -0.2) is 16.3 Å². The Hall–Kier alpha value is -3.84. The van der Waals surface area contributed by atoms with Crippen molar-refractivity contribution in [1.82, 2.24) is 4.57 Å². The van der Waals surface area contributed by atoms with Gasteiger partial charge in [-0.1, -0.05) is 35.9 Å². The number of benzene rings is 3. The number of carbonyl (C=O) groups excluding carboxylic acids is 2.